The third-order valence-corrected chi connectivity index (χ3v) is 10.8. The average Bonchev–Trinajstić information content (AvgIpc) is 3.04. The van der Waals surface area contributed by atoms with E-state index < -0.39 is 29.4 Å². The van der Waals surface area contributed by atoms with Gasteiger partial charge in [-0.25, -0.2) is 18.7 Å². The lowest BCUT2D eigenvalue weighted by Gasteiger charge is -2.40. The summed E-state index contributed by atoms with van der Waals surface area (Å²) in [5.41, 5.74) is 3.06. The molecule has 2 N–H and O–H groups in total. The Bertz CT molecular complexity index is 1650. The smallest absolute Gasteiger partial charge is 0.416 e. The van der Waals surface area contributed by atoms with Crippen molar-refractivity contribution in [3.05, 3.63) is 75.9 Å². The predicted molar refractivity (Wildman–Crippen MR) is 184 cm³/mol. The van der Waals surface area contributed by atoms with Gasteiger partial charge in [-0.2, -0.15) is 13.2 Å². The van der Waals surface area contributed by atoms with Gasteiger partial charge in [0.05, 0.1) is 36.3 Å². The van der Waals surface area contributed by atoms with Gasteiger partial charge >= 0.3 is 6.18 Å². The van der Waals surface area contributed by atoms with E-state index in [-0.39, 0.29) is 42.9 Å². The zero-order valence-electron chi connectivity index (χ0n) is 29.9. The Morgan fingerprint density at radius 1 is 0.922 bits per heavy atom. The highest BCUT2D eigenvalue weighted by molar-refractivity contribution is 5.50. The Hall–Kier alpha value is -3.38. The Labute approximate surface area is 296 Å². The molecule has 0 amide bonds. The first-order valence-electron chi connectivity index (χ1n) is 18.1. The molecule has 6 rings (SSSR count). The molecule has 3 aromatic rings. The van der Waals surface area contributed by atoms with E-state index in [2.05, 4.69) is 28.7 Å². The zero-order valence-corrected chi connectivity index (χ0v) is 29.9. The van der Waals surface area contributed by atoms with Crippen LogP contribution < -0.4 is 9.64 Å². The standard InChI is InChI=1S/C39H49F5N4O3/c1-36(2)20-30-33(31(49)21-36)32(25-9-13-38(40,41)14-10-25)29(19-24-5-7-27(8-6-24)39(42,43)44)34(47-30)26-11-16-48(17-12-26)35-45-22-28(23-46-35)51-18-15-37(3,4)50/h5-8,22-23,25-26,31,49-50H,9-21H2,1-4H3. The van der Waals surface area contributed by atoms with E-state index in [0.717, 1.165) is 40.2 Å². The van der Waals surface area contributed by atoms with E-state index in [1.807, 2.05) is 0 Å². The quantitative estimate of drug-likeness (QED) is 0.214. The molecule has 2 fully saturated rings. The van der Waals surface area contributed by atoms with Gasteiger partial charge in [-0.05, 0) is 98.9 Å². The number of aromatic nitrogens is 3. The van der Waals surface area contributed by atoms with Crippen LogP contribution in [0.15, 0.2) is 36.7 Å². The molecule has 7 nitrogen and oxygen atoms in total. The number of benzene rings is 1. The largest absolute Gasteiger partial charge is 0.490 e. The van der Waals surface area contributed by atoms with Crippen molar-refractivity contribution in [1.29, 1.82) is 0 Å². The zero-order chi connectivity index (χ0) is 36.8. The Morgan fingerprint density at radius 3 is 2.14 bits per heavy atom. The minimum Gasteiger partial charge on any atom is -0.490 e. The normalized spacial score (nSPS) is 21.4. The molecule has 1 aliphatic heterocycles. The third kappa shape index (κ3) is 8.99. The number of anilines is 1. The molecule has 2 aliphatic carbocycles. The van der Waals surface area contributed by atoms with Gasteiger partial charge in [0.2, 0.25) is 11.9 Å². The van der Waals surface area contributed by atoms with Gasteiger partial charge in [0.15, 0.2) is 5.75 Å². The van der Waals surface area contributed by atoms with Crippen molar-refractivity contribution in [2.45, 2.75) is 128 Å². The second-order valence-electron chi connectivity index (χ2n) is 16.2. The number of halogens is 5. The summed E-state index contributed by atoms with van der Waals surface area (Å²) in [5, 5.41) is 21.6. The minimum absolute atomic E-state index is 0.00593. The van der Waals surface area contributed by atoms with E-state index >= 15 is 0 Å². The molecule has 0 spiro atoms. The lowest BCUT2D eigenvalue weighted by atomic mass is 9.68. The summed E-state index contributed by atoms with van der Waals surface area (Å²) in [6.07, 6.45) is 1.37. The van der Waals surface area contributed by atoms with Gasteiger partial charge in [0.25, 0.3) is 0 Å². The molecule has 1 saturated heterocycles. The predicted octanol–water partition coefficient (Wildman–Crippen LogP) is 8.70. The van der Waals surface area contributed by atoms with Gasteiger partial charge in [-0.3, -0.25) is 4.98 Å². The number of rotatable bonds is 9. The maximum atomic E-state index is 14.5. The molecular formula is C39H49F5N4O3. The Kier molecular flexibility index (Phi) is 10.4. The van der Waals surface area contributed by atoms with Crippen molar-refractivity contribution in [1.82, 2.24) is 15.0 Å². The van der Waals surface area contributed by atoms with Crippen LogP contribution in [0.5, 0.6) is 5.75 Å². The fraction of sp³-hybridized carbons (Fsp3) is 0.615. The summed E-state index contributed by atoms with van der Waals surface area (Å²) in [5.74, 6) is -1.86. The molecule has 1 unspecified atom stereocenters. The summed E-state index contributed by atoms with van der Waals surface area (Å²) >= 11 is 0. The minimum atomic E-state index is -4.46. The van der Waals surface area contributed by atoms with Gasteiger partial charge in [-0.15, -0.1) is 0 Å². The number of aliphatic hydroxyl groups is 2. The SMILES string of the molecule is CC(C)(O)CCOc1cnc(N2CCC(c3nc4c(c(C5CCC(F)(F)CC5)c3Cc3ccc(C(F)(F)F)cc3)C(O)CC(C)(C)C4)CC2)nc1. The number of piperidine rings is 1. The van der Waals surface area contributed by atoms with Crippen LogP contribution >= 0.6 is 0 Å². The van der Waals surface area contributed by atoms with Gasteiger partial charge in [0, 0.05) is 55.2 Å². The lowest BCUT2D eigenvalue weighted by molar-refractivity contribution is -0.137. The average molecular weight is 717 g/mol. The molecular weight excluding hydrogens is 667 g/mol. The molecule has 2 aromatic heterocycles. The van der Waals surface area contributed by atoms with Gasteiger partial charge in [-0.1, -0.05) is 26.0 Å². The summed E-state index contributed by atoms with van der Waals surface area (Å²) in [7, 11) is 0. The summed E-state index contributed by atoms with van der Waals surface area (Å²) in [6.45, 7) is 9.25. The van der Waals surface area contributed by atoms with Crippen molar-refractivity contribution < 1.29 is 36.9 Å². The summed E-state index contributed by atoms with van der Waals surface area (Å²) in [6, 6.07) is 5.15. The first-order chi connectivity index (χ1) is 23.9. The van der Waals surface area contributed by atoms with E-state index in [4.69, 9.17) is 9.72 Å². The number of hydrogen-bond donors (Lipinski definition) is 2. The molecule has 0 bridgehead atoms. The molecule has 51 heavy (non-hydrogen) atoms. The topological polar surface area (TPSA) is 91.6 Å². The fourth-order valence-corrected chi connectivity index (χ4v) is 8.04. The van der Waals surface area contributed by atoms with Crippen molar-refractivity contribution in [2.75, 3.05) is 24.6 Å². The first-order valence-corrected chi connectivity index (χ1v) is 18.1. The molecule has 1 aromatic carbocycles. The maximum Gasteiger partial charge on any atom is 0.416 e. The van der Waals surface area contributed by atoms with E-state index in [1.54, 1.807) is 26.2 Å². The second-order valence-corrected chi connectivity index (χ2v) is 16.2. The van der Waals surface area contributed by atoms with E-state index in [9.17, 15) is 32.2 Å². The maximum absolute atomic E-state index is 14.5. The molecule has 3 aliphatic rings. The molecule has 1 saturated carbocycles. The van der Waals surface area contributed by atoms with Crippen LogP contribution in [0.2, 0.25) is 0 Å². The summed E-state index contributed by atoms with van der Waals surface area (Å²) in [4.78, 5) is 16.5. The van der Waals surface area contributed by atoms with E-state index in [0.29, 0.717) is 75.5 Å². The highest BCUT2D eigenvalue weighted by atomic mass is 19.4. The number of nitrogens with zero attached hydrogens (tertiary/aromatic N) is 4. The highest BCUT2D eigenvalue weighted by Crippen LogP contribution is 2.50. The molecule has 1 atom stereocenters. The van der Waals surface area contributed by atoms with Crippen molar-refractivity contribution in [3.63, 3.8) is 0 Å². The summed E-state index contributed by atoms with van der Waals surface area (Å²) < 4.78 is 75.0. The van der Waals surface area contributed by atoms with Crippen molar-refractivity contribution in [3.8, 4) is 5.75 Å². The van der Waals surface area contributed by atoms with Crippen LogP contribution in [0, 0.1) is 5.41 Å². The van der Waals surface area contributed by atoms with Gasteiger partial charge < -0.3 is 19.8 Å². The van der Waals surface area contributed by atoms with Crippen LogP contribution in [-0.2, 0) is 19.0 Å². The van der Waals surface area contributed by atoms with Gasteiger partial charge in [0.1, 0.15) is 0 Å². The van der Waals surface area contributed by atoms with Crippen molar-refractivity contribution in [2.24, 2.45) is 5.41 Å². The Balaban J connectivity index is 1.33. The highest BCUT2D eigenvalue weighted by Gasteiger charge is 2.42. The fourth-order valence-electron chi connectivity index (χ4n) is 8.04. The third-order valence-electron chi connectivity index (χ3n) is 10.8. The first kappa shape index (κ1) is 37.4. The number of ether oxygens (including phenoxy) is 1. The number of pyridine rings is 1. The molecule has 278 valence electrons. The number of alkyl halides is 5. The molecule has 3 heterocycles. The van der Waals surface area contributed by atoms with Crippen molar-refractivity contribution >= 4 is 5.95 Å². The van der Waals surface area contributed by atoms with Crippen LogP contribution in [0.25, 0.3) is 0 Å². The number of hydrogen-bond acceptors (Lipinski definition) is 7. The van der Waals surface area contributed by atoms with E-state index in [1.165, 1.54) is 12.1 Å². The second kappa shape index (κ2) is 14.2. The number of aliphatic hydroxyl groups excluding tert-OH is 1. The molecule has 0 radical (unpaired) electrons. The molecule has 12 heteroatoms. The number of fused-ring (bicyclic) bond motifs is 1. The van der Waals surface area contributed by atoms with Crippen LogP contribution in [0.1, 0.15) is 136 Å². The monoisotopic (exact) mass is 716 g/mol. The van der Waals surface area contributed by atoms with Crippen LogP contribution in [0.3, 0.4) is 0 Å². The van der Waals surface area contributed by atoms with Crippen LogP contribution in [-0.4, -0.2) is 56.4 Å². The Morgan fingerprint density at radius 2 is 1.55 bits per heavy atom. The lowest BCUT2D eigenvalue weighted by Crippen LogP contribution is -2.36. The van der Waals surface area contributed by atoms with Crippen LogP contribution in [0.4, 0.5) is 27.9 Å².